The fourth-order valence-electron chi connectivity index (χ4n) is 10.4. The smallest absolute Gasteiger partial charge is 0.187 e. The normalized spacial score (nSPS) is 55.4. The molecule has 21 saturated heterocycles. The lowest BCUT2D eigenvalue weighted by molar-refractivity contribution is -0.396. The van der Waals surface area contributed by atoms with Crippen molar-refractivity contribution in [2.75, 3.05) is 46.2 Å². The van der Waals surface area contributed by atoms with Crippen LogP contribution in [0.3, 0.4) is 0 Å². The summed E-state index contributed by atoms with van der Waals surface area (Å²) in [5.74, 6) is 0. The van der Waals surface area contributed by atoms with Gasteiger partial charge < -0.3 is 174 Å². The molecule has 0 aromatic heterocycles. The summed E-state index contributed by atoms with van der Waals surface area (Å²) in [6.07, 6.45) is -70.2. The van der Waals surface area contributed by atoms with Crippen LogP contribution in [0.2, 0.25) is 0 Å². The molecule has 0 saturated carbocycles. The predicted molar refractivity (Wildman–Crippen MR) is 228 cm³/mol. The first-order valence-electron chi connectivity index (χ1n) is 24.6. The predicted octanol–water partition coefficient (Wildman–Crippen LogP) is -15.2. The zero-order valence-corrected chi connectivity index (χ0v) is 40.3. The standard InChI is InChI=1S/C42H70O35/c43-1-8-29-15(50)22(57)36(64-8)72-30-9(2-44)66-38(24(59)17(30)52)74-32-11(4-46)68-40(26(61)19(32)54)76-34-13(6-48)70-42(28(63)21(34)56)77-35-14(7-49)69-41(27(62)20(35)55)75-33-12(5-47)67-39(25(60)18(33)53)73-31-10(3-45)65-37(71-29)23(58)16(31)51/h8-63H,1-7H2/t8-,9-,10-,11-,12-,13-,14-,15-,16-,17-,18-,19-,20-,21-,22-,23-,24-,25-,26-,27-,28-,29-,30-,31-,32?,33?,34-,35-,36?,37?,38?,39?,40?,41?,42?/m1/s1. The number of hydrogen-bond donors (Lipinski definition) is 21. The minimum Gasteiger partial charge on any atom is -0.394 e. The van der Waals surface area contributed by atoms with E-state index in [1.54, 1.807) is 0 Å². The molecule has 0 spiro atoms. The van der Waals surface area contributed by atoms with E-state index in [1.807, 2.05) is 0 Å². The summed E-state index contributed by atoms with van der Waals surface area (Å²) in [5.41, 5.74) is 0. The van der Waals surface area contributed by atoms with Crippen molar-refractivity contribution < 1.29 is 174 Å². The molecule has 0 radical (unpaired) electrons. The van der Waals surface area contributed by atoms with Crippen LogP contribution in [-0.2, 0) is 66.3 Å². The maximum atomic E-state index is 11.3. The Bertz CT molecular complexity index is 1470. The molecule has 21 aliphatic heterocycles. The highest BCUT2D eigenvalue weighted by atomic mass is 16.8. The third kappa shape index (κ3) is 12.1. The molecule has 35 heteroatoms. The van der Waals surface area contributed by atoms with Crippen molar-refractivity contribution in [1.29, 1.82) is 0 Å². The van der Waals surface area contributed by atoms with E-state index in [-0.39, 0.29) is 0 Å². The Balaban J connectivity index is 1.08. The number of hydrogen-bond acceptors (Lipinski definition) is 35. The Labute approximate surface area is 434 Å². The second-order valence-corrected chi connectivity index (χ2v) is 19.7. The van der Waals surface area contributed by atoms with Crippen LogP contribution in [0.1, 0.15) is 0 Å². The minimum atomic E-state index is -2.21. The Morgan fingerprint density at radius 1 is 0.156 bits per heavy atom. The number of aliphatic hydroxyl groups is 21. The van der Waals surface area contributed by atoms with Gasteiger partial charge in [0.1, 0.15) is 171 Å². The second-order valence-electron chi connectivity index (χ2n) is 19.7. The summed E-state index contributed by atoms with van der Waals surface area (Å²) in [6, 6.07) is 0. The van der Waals surface area contributed by atoms with Crippen LogP contribution in [0.25, 0.3) is 0 Å². The molecule has 448 valence electrons. The molecule has 21 rings (SSSR count). The molecule has 14 bridgehead atoms. The van der Waals surface area contributed by atoms with Crippen molar-refractivity contribution in [3.8, 4) is 0 Å². The minimum absolute atomic E-state index is 1.05. The zero-order valence-electron chi connectivity index (χ0n) is 40.3. The molecular weight excluding hydrogens is 1060 g/mol. The topological polar surface area (TPSA) is 554 Å². The maximum absolute atomic E-state index is 11.3. The average molecular weight is 1130 g/mol. The number of rotatable bonds is 7. The van der Waals surface area contributed by atoms with E-state index < -0.39 is 261 Å². The molecule has 21 aliphatic rings. The van der Waals surface area contributed by atoms with Crippen LogP contribution >= 0.6 is 0 Å². The highest BCUT2D eigenvalue weighted by molar-refractivity contribution is 5.01. The van der Waals surface area contributed by atoms with Crippen molar-refractivity contribution >= 4 is 0 Å². The first kappa shape index (κ1) is 61.7. The van der Waals surface area contributed by atoms with Crippen molar-refractivity contribution in [3.05, 3.63) is 0 Å². The number of ether oxygens (including phenoxy) is 14. The fourth-order valence-corrected chi connectivity index (χ4v) is 10.4. The van der Waals surface area contributed by atoms with Crippen molar-refractivity contribution in [3.63, 3.8) is 0 Å². The van der Waals surface area contributed by atoms with Gasteiger partial charge in [-0.25, -0.2) is 0 Å². The zero-order chi connectivity index (χ0) is 56.1. The van der Waals surface area contributed by atoms with E-state index in [1.165, 1.54) is 0 Å². The van der Waals surface area contributed by atoms with Crippen molar-refractivity contribution in [2.24, 2.45) is 0 Å². The Kier molecular flexibility index (Phi) is 20.8. The highest BCUT2D eigenvalue weighted by Crippen LogP contribution is 2.39. The molecule has 21 heterocycles. The lowest BCUT2D eigenvalue weighted by atomic mass is 9.95. The molecule has 0 amide bonds. The van der Waals surface area contributed by atoms with E-state index in [2.05, 4.69) is 0 Å². The first-order valence-corrected chi connectivity index (χ1v) is 24.6. The maximum Gasteiger partial charge on any atom is 0.187 e. The molecule has 21 N–H and O–H groups in total. The summed E-state index contributed by atoms with van der Waals surface area (Å²) in [6.45, 7) is -7.33. The molecule has 35 nitrogen and oxygen atoms in total. The van der Waals surface area contributed by atoms with Gasteiger partial charge in [0.15, 0.2) is 44.0 Å². The monoisotopic (exact) mass is 1130 g/mol. The van der Waals surface area contributed by atoms with Crippen LogP contribution in [0.15, 0.2) is 0 Å². The van der Waals surface area contributed by atoms with Gasteiger partial charge >= 0.3 is 0 Å². The van der Waals surface area contributed by atoms with Gasteiger partial charge in [-0.15, -0.1) is 0 Å². The Hall–Kier alpha value is -1.40. The van der Waals surface area contributed by atoms with Gasteiger partial charge in [0.2, 0.25) is 0 Å². The molecular formula is C42H70O35. The second kappa shape index (κ2) is 26.0. The van der Waals surface area contributed by atoms with E-state index in [0.29, 0.717) is 0 Å². The van der Waals surface area contributed by atoms with Crippen LogP contribution in [-0.4, -0.2) is 368 Å². The third-order valence-electron chi connectivity index (χ3n) is 14.8. The van der Waals surface area contributed by atoms with Gasteiger partial charge in [0.25, 0.3) is 0 Å². The summed E-state index contributed by atoms with van der Waals surface area (Å²) >= 11 is 0. The molecule has 9 unspecified atom stereocenters. The SMILES string of the molecule is OC[C@H]1OC2O[C@H]3[C@H](O)[C@@H](O)C(O[C@H]4[C@H](O)[C@@H](O)C(OC5[C@@H](CO)OC(O[C@H]6[C@H](O)[C@@H](O)C(O[C@H]7[C@H](O)[C@@H](O)C(O[C@H]8[C@H](O)[C@@H](O)C(OC1[C@H](O)[C@H]2O)O[C@@H]8CO)O[C@@H]7CO)O[C@@H]6CO)[C@H](O)[C@H]5O)O[C@@H]4CO)O[C@@H]3CO. The van der Waals surface area contributed by atoms with Crippen LogP contribution in [0.5, 0.6) is 0 Å². The van der Waals surface area contributed by atoms with Crippen LogP contribution < -0.4 is 0 Å². The Morgan fingerprint density at radius 2 is 0.260 bits per heavy atom. The fraction of sp³-hybridized carbons (Fsp3) is 1.00. The van der Waals surface area contributed by atoms with Gasteiger partial charge in [-0.05, 0) is 0 Å². The van der Waals surface area contributed by atoms with Gasteiger partial charge in [-0.3, -0.25) is 0 Å². The first-order chi connectivity index (χ1) is 36.7. The molecule has 0 aliphatic carbocycles. The summed E-state index contributed by atoms with van der Waals surface area (Å²) in [7, 11) is 0. The van der Waals surface area contributed by atoms with Crippen LogP contribution in [0, 0.1) is 0 Å². The number of aliphatic hydroxyl groups excluding tert-OH is 21. The lowest BCUT2D eigenvalue weighted by Gasteiger charge is -2.50. The summed E-state index contributed by atoms with van der Waals surface area (Å²) in [5, 5.41) is 230. The molecule has 35 atom stereocenters. The lowest BCUT2D eigenvalue weighted by Crippen LogP contribution is -2.68. The van der Waals surface area contributed by atoms with E-state index in [4.69, 9.17) is 66.3 Å². The third-order valence-corrected chi connectivity index (χ3v) is 14.8. The molecule has 0 aromatic rings. The van der Waals surface area contributed by atoms with Crippen molar-refractivity contribution in [1.82, 2.24) is 0 Å². The van der Waals surface area contributed by atoms with E-state index in [9.17, 15) is 107 Å². The van der Waals surface area contributed by atoms with E-state index in [0.717, 1.165) is 0 Å². The summed E-state index contributed by atoms with van der Waals surface area (Å²) < 4.78 is 79.5. The van der Waals surface area contributed by atoms with Gasteiger partial charge in [-0.2, -0.15) is 0 Å². The van der Waals surface area contributed by atoms with Gasteiger partial charge in [-0.1, -0.05) is 0 Å². The largest absolute Gasteiger partial charge is 0.394 e. The van der Waals surface area contributed by atoms with Crippen molar-refractivity contribution in [2.45, 2.75) is 215 Å². The highest BCUT2D eigenvalue weighted by Gasteiger charge is 2.59. The average Bonchev–Trinajstić information content (AvgIpc) is 3.45. The molecule has 77 heavy (non-hydrogen) atoms. The van der Waals surface area contributed by atoms with Gasteiger partial charge in [0.05, 0.1) is 46.2 Å². The molecule has 21 fully saturated rings. The van der Waals surface area contributed by atoms with Crippen LogP contribution in [0.4, 0.5) is 0 Å². The summed E-state index contributed by atoms with van der Waals surface area (Å²) in [4.78, 5) is 0. The Morgan fingerprint density at radius 3 is 0.351 bits per heavy atom. The van der Waals surface area contributed by atoms with Gasteiger partial charge in [0, 0.05) is 0 Å². The quantitative estimate of drug-likeness (QED) is 0.113. The molecule has 0 aromatic carbocycles. The van der Waals surface area contributed by atoms with E-state index >= 15 is 0 Å².